The van der Waals surface area contributed by atoms with Gasteiger partial charge in [-0.15, -0.1) is 11.3 Å². The molecule has 1 amide bonds. The van der Waals surface area contributed by atoms with E-state index in [2.05, 4.69) is 21.3 Å². The smallest absolute Gasteiger partial charge is 0.261 e. The third kappa shape index (κ3) is 3.90. The summed E-state index contributed by atoms with van der Waals surface area (Å²) < 4.78 is 6.08. The van der Waals surface area contributed by atoms with Crippen LogP contribution >= 0.6 is 11.3 Å². The molecule has 0 saturated heterocycles. The van der Waals surface area contributed by atoms with Crippen LogP contribution in [0.3, 0.4) is 0 Å². The van der Waals surface area contributed by atoms with E-state index in [1.807, 2.05) is 79.7 Å². The minimum absolute atomic E-state index is 0.0670. The summed E-state index contributed by atoms with van der Waals surface area (Å²) in [7, 11) is 0. The van der Waals surface area contributed by atoms with E-state index in [9.17, 15) is 4.79 Å². The Morgan fingerprint density at radius 1 is 1.03 bits per heavy atom. The van der Waals surface area contributed by atoms with Crippen molar-refractivity contribution in [2.45, 2.75) is 19.5 Å². The van der Waals surface area contributed by atoms with Gasteiger partial charge in [-0.25, -0.2) is 4.98 Å². The zero-order valence-electron chi connectivity index (χ0n) is 17.0. The van der Waals surface area contributed by atoms with Gasteiger partial charge in [-0.1, -0.05) is 48.5 Å². The molecule has 5 nitrogen and oxygen atoms in total. The van der Waals surface area contributed by atoms with Crippen molar-refractivity contribution in [1.29, 1.82) is 0 Å². The van der Waals surface area contributed by atoms with Crippen LogP contribution in [-0.4, -0.2) is 10.9 Å². The second-order valence-electron chi connectivity index (χ2n) is 7.37. The number of para-hydroxylation sites is 1. The van der Waals surface area contributed by atoms with E-state index >= 15 is 0 Å². The van der Waals surface area contributed by atoms with Gasteiger partial charge >= 0.3 is 0 Å². The number of thiophene rings is 1. The molecular formula is C25H21N3O2S. The van der Waals surface area contributed by atoms with Crippen LogP contribution < -0.4 is 15.0 Å². The van der Waals surface area contributed by atoms with Gasteiger partial charge in [0, 0.05) is 11.8 Å². The predicted molar refractivity (Wildman–Crippen MR) is 123 cm³/mol. The van der Waals surface area contributed by atoms with E-state index in [1.54, 1.807) is 6.20 Å². The van der Waals surface area contributed by atoms with Gasteiger partial charge in [0.05, 0.1) is 22.5 Å². The number of nitrogens with zero attached hydrogens (tertiary/aromatic N) is 2. The lowest BCUT2D eigenvalue weighted by molar-refractivity contribution is 0.0944. The van der Waals surface area contributed by atoms with Gasteiger partial charge in [0.2, 0.25) is 5.88 Å². The number of anilines is 2. The summed E-state index contributed by atoms with van der Waals surface area (Å²) in [6.07, 6.45) is 1.73. The molecule has 154 valence electrons. The molecule has 0 radical (unpaired) electrons. The molecule has 0 unspecified atom stereocenters. The van der Waals surface area contributed by atoms with Crippen LogP contribution in [0.5, 0.6) is 11.6 Å². The highest BCUT2D eigenvalue weighted by Gasteiger charge is 2.24. The first-order chi connectivity index (χ1) is 15.2. The molecule has 1 atom stereocenters. The number of amides is 1. The monoisotopic (exact) mass is 427 g/mol. The summed E-state index contributed by atoms with van der Waals surface area (Å²) in [6.45, 7) is 2.63. The minimum Gasteiger partial charge on any atom is -0.437 e. The quantitative estimate of drug-likeness (QED) is 0.429. The maximum atomic E-state index is 12.9. The van der Waals surface area contributed by atoms with E-state index in [4.69, 9.17) is 4.74 Å². The summed E-state index contributed by atoms with van der Waals surface area (Å²) in [5.74, 6) is 1.28. The largest absolute Gasteiger partial charge is 0.437 e. The number of pyridine rings is 1. The van der Waals surface area contributed by atoms with E-state index in [0.717, 1.165) is 27.6 Å². The van der Waals surface area contributed by atoms with Crippen LogP contribution in [0.15, 0.2) is 85.1 Å². The standard InChI is InChI=1S/C25H21N3O2S/c1-17(18-8-3-2-4-9-18)27-24(29)22-13-14-23(31-22)28-16-19-10-5-6-12-21(19)30-25-20(28)11-7-15-26-25/h2-15,17H,16H2,1H3,(H,27,29)/t17-/m1/s1. The fraction of sp³-hybridized carbons (Fsp3) is 0.120. The van der Waals surface area contributed by atoms with Crippen LogP contribution in [0.2, 0.25) is 0 Å². The van der Waals surface area contributed by atoms with Gasteiger partial charge in [0.1, 0.15) is 11.4 Å². The number of carbonyl (C=O) groups excluding carboxylic acids is 1. The molecule has 0 spiro atoms. The third-order valence-corrected chi connectivity index (χ3v) is 6.39. The van der Waals surface area contributed by atoms with Crippen LogP contribution in [0.4, 0.5) is 10.7 Å². The number of benzene rings is 2. The molecule has 2 aromatic carbocycles. The first-order valence-corrected chi connectivity index (χ1v) is 10.9. The zero-order chi connectivity index (χ0) is 21.2. The Morgan fingerprint density at radius 3 is 2.71 bits per heavy atom. The Labute approximate surface area is 185 Å². The summed E-state index contributed by atoms with van der Waals surface area (Å²) in [4.78, 5) is 20.1. The highest BCUT2D eigenvalue weighted by molar-refractivity contribution is 7.18. The maximum Gasteiger partial charge on any atom is 0.261 e. The molecule has 1 N–H and O–H groups in total. The van der Waals surface area contributed by atoms with Crippen molar-refractivity contribution in [3.8, 4) is 11.6 Å². The predicted octanol–water partition coefficient (Wildman–Crippen LogP) is 6.08. The summed E-state index contributed by atoms with van der Waals surface area (Å²) in [5.41, 5.74) is 3.02. The van der Waals surface area contributed by atoms with Crippen molar-refractivity contribution in [1.82, 2.24) is 10.3 Å². The number of rotatable bonds is 4. The van der Waals surface area contributed by atoms with E-state index in [1.165, 1.54) is 11.3 Å². The fourth-order valence-electron chi connectivity index (χ4n) is 3.64. The summed E-state index contributed by atoms with van der Waals surface area (Å²) in [5, 5.41) is 4.06. The van der Waals surface area contributed by atoms with Crippen molar-refractivity contribution >= 4 is 27.9 Å². The van der Waals surface area contributed by atoms with E-state index in [0.29, 0.717) is 17.3 Å². The van der Waals surface area contributed by atoms with Crippen molar-refractivity contribution in [3.63, 3.8) is 0 Å². The number of fused-ring (bicyclic) bond motifs is 2. The second kappa shape index (κ2) is 8.24. The third-order valence-electron chi connectivity index (χ3n) is 5.28. The van der Waals surface area contributed by atoms with Crippen molar-refractivity contribution in [2.75, 3.05) is 4.90 Å². The number of hydrogen-bond acceptors (Lipinski definition) is 5. The van der Waals surface area contributed by atoms with Gasteiger partial charge in [0.15, 0.2) is 0 Å². The SMILES string of the molecule is C[C@@H](NC(=O)c1ccc(N2Cc3ccccc3Oc3ncccc32)s1)c1ccccc1. The van der Waals surface area contributed by atoms with Crippen LogP contribution in [0.25, 0.3) is 0 Å². The molecule has 1 aliphatic rings. The minimum atomic E-state index is -0.0783. The van der Waals surface area contributed by atoms with Crippen LogP contribution in [0, 0.1) is 0 Å². The Morgan fingerprint density at radius 2 is 1.84 bits per heavy atom. The first kappa shape index (κ1) is 19.3. The van der Waals surface area contributed by atoms with E-state index < -0.39 is 0 Å². The average molecular weight is 428 g/mol. The van der Waals surface area contributed by atoms with Gasteiger partial charge in [0.25, 0.3) is 5.91 Å². The molecule has 5 rings (SSSR count). The molecule has 0 aliphatic carbocycles. The zero-order valence-corrected chi connectivity index (χ0v) is 17.8. The Kier molecular flexibility index (Phi) is 5.14. The normalized spacial score (nSPS) is 13.4. The van der Waals surface area contributed by atoms with Gasteiger partial charge in [-0.2, -0.15) is 0 Å². The second-order valence-corrected chi connectivity index (χ2v) is 8.43. The number of nitrogens with one attached hydrogen (secondary N) is 1. The molecule has 0 saturated carbocycles. The highest BCUT2D eigenvalue weighted by Crippen LogP contribution is 2.43. The molecular weight excluding hydrogens is 406 g/mol. The number of hydrogen-bond donors (Lipinski definition) is 1. The summed E-state index contributed by atoms with van der Waals surface area (Å²) >= 11 is 1.46. The van der Waals surface area contributed by atoms with Crippen LogP contribution in [-0.2, 0) is 6.54 Å². The number of carbonyl (C=O) groups is 1. The topological polar surface area (TPSA) is 54.5 Å². The van der Waals surface area contributed by atoms with Crippen molar-refractivity contribution in [2.24, 2.45) is 0 Å². The van der Waals surface area contributed by atoms with Crippen molar-refractivity contribution < 1.29 is 9.53 Å². The summed E-state index contributed by atoms with van der Waals surface area (Å²) in [6, 6.07) is 25.6. The molecule has 0 fully saturated rings. The lowest BCUT2D eigenvalue weighted by Gasteiger charge is -2.21. The van der Waals surface area contributed by atoms with Crippen molar-refractivity contribution in [3.05, 3.63) is 101 Å². The van der Waals surface area contributed by atoms with Gasteiger partial charge in [-0.05, 0) is 42.8 Å². The number of ether oxygens (including phenoxy) is 1. The fourth-order valence-corrected chi connectivity index (χ4v) is 4.57. The molecule has 0 bridgehead atoms. The first-order valence-electron chi connectivity index (χ1n) is 10.1. The lowest BCUT2D eigenvalue weighted by Crippen LogP contribution is -2.25. The molecule has 2 aromatic heterocycles. The van der Waals surface area contributed by atoms with Crippen LogP contribution in [0.1, 0.15) is 33.8 Å². The number of aromatic nitrogens is 1. The highest BCUT2D eigenvalue weighted by atomic mass is 32.1. The van der Waals surface area contributed by atoms with Gasteiger partial charge in [-0.3, -0.25) is 4.79 Å². The molecule has 4 aromatic rings. The Balaban J connectivity index is 1.43. The molecule has 31 heavy (non-hydrogen) atoms. The molecule has 1 aliphatic heterocycles. The average Bonchev–Trinajstić information content (AvgIpc) is 3.23. The Hall–Kier alpha value is -3.64. The maximum absolute atomic E-state index is 12.9. The molecule has 3 heterocycles. The lowest BCUT2D eigenvalue weighted by atomic mass is 10.1. The van der Waals surface area contributed by atoms with Gasteiger partial charge < -0.3 is 15.0 Å². The Bertz CT molecular complexity index is 1220. The molecule has 6 heteroatoms. The van der Waals surface area contributed by atoms with E-state index in [-0.39, 0.29) is 11.9 Å².